The van der Waals surface area contributed by atoms with E-state index in [0.717, 1.165) is 67.0 Å². The number of halogens is 3. The Bertz CT molecular complexity index is 1040. The van der Waals surface area contributed by atoms with Crippen LogP contribution in [0.25, 0.3) is 16.7 Å². The highest BCUT2D eigenvalue weighted by molar-refractivity contribution is 6.03. The van der Waals surface area contributed by atoms with Crippen LogP contribution in [0.4, 0.5) is 19.0 Å². The summed E-state index contributed by atoms with van der Waals surface area (Å²) < 4.78 is 33.9. The molecule has 0 saturated carbocycles. The van der Waals surface area contributed by atoms with E-state index in [9.17, 15) is 18.0 Å². The monoisotopic (exact) mass is 434 g/mol. The Balaban J connectivity index is 0.000000339. The van der Waals surface area contributed by atoms with Crippen LogP contribution >= 0.6 is 0 Å². The first kappa shape index (κ1) is 22.3. The fourth-order valence-corrected chi connectivity index (χ4v) is 3.43. The molecule has 1 aliphatic heterocycles. The second-order valence-electron chi connectivity index (χ2n) is 6.79. The summed E-state index contributed by atoms with van der Waals surface area (Å²) in [4.78, 5) is 27.7. The van der Waals surface area contributed by atoms with Gasteiger partial charge in [-0.15, -0.1) is 0 Å². The SMILES string of the molecule is O=C(O)C(F)(F)F.O=Cc1c(N2CCCNCC2)n(-c2ccccc2)c2ncccc12. The molecule has 0 unspecified atom stereocenters. The number of fused-ring (bicyclic) bond motifs is 1. The number of hydrogen-bond acceptors (Lipinski definition) is 5. The van der Waals surface area contributed by atoms with Crippen LogP contribution < -0.4 is 10.2 Å². The first-order valence-electron chi connectivity index (χ1n) is 9.60. The number of carbonyl (C=O) groups is 2. The van der Waals surface area contributed by atoms with Gasteiger partial charge < -0.3 is 15.3 Å². The van der Waals surface area contributed by atoms with E-state index in [0.29, 0.717) is 0 Å². The minimum atomic E-state index is -5.08. The Labute approximate surface area is 176 Å². The van der Waals surface area contributed by atoms with Crippen LogP contribution in [0, 0.1) is 0 Å². The molecule has 0 atom stereocenters. The van der Waals surface area contributed by atoms with Gasteiger partial charge in [-0.2, -0.15) is 13.2 Å². The van der Waals surface area contributed by atoms with Crippen LogP contribution in [0.3, 0.4) is 0 Å². The van der Waals surface area contributed by atoms with Crippen molar-refractivity contribution in [1.82, 2.24) is 14.9 Å². The van der Waals surface area contributed by atoms with Gasteiger partial charge in [0.15, 0.2) is 6.29 Å². The number of nitrogens with zero attached hydrogens (tertiary/aromatic N) is 3. The van der Waals surface area contributed by atoms with Crippen molar-refractivity contribution in [2.24, 2.45) is 0 Å². The predicted molar refractivity (Wildman–Crippen MR) is 110 cm³/mol. The summed E-state index contributed by atoms with van der Waals surface area (Å²) in [6, 6.07) is 14.0. The molecule has 2 N–H and O–H groups in total. The zero-order valence-corrected chi connectivity index (χ0v) is 16.5. The third-order valence-electron chi connectivity index (χ3n) is 4.76. The van der Waals surface area contributed by atoms with Crippen LogP contribution in [0.15, 0.2) is 48.7 Å². The van der Waals surface area contributed by atoms with E-state index in [1.807, 2.05) is 30.3 Å². The summed E-state index contributed by atoms with van der Waals surface area (Å²) in [5.74, 6) is -1.80. The molecule has 1 fully saturated rings. The number of anilines is 1. The molecule has 7 nitrogen and oxygen atoms in total. The Morgan fingerprint density at radius 1 is 1.10 bits per heavy atom. The molecule has 1 saturated heterocycles. The van der Waals surface area contributed by atoms with Crippen molar-refractivity contribution < 1.29 is 27.9 Å². The van der Waals surface area contributed by atoms with Crippen molar-refractivity contribution >= 4 is 29.1 Å². The van der Waals surface area contributed by atoms with Crippen molar-refractivity contribution in [3.05, 3.63) is 54.2 Å². The molecule has 1 aromatic carbocycles. The standard InChI is InChI=1S/C19H20N4O.C2HF3O2/c24-14-17-16-8-4-10-21-18(16)23(15-6-2-1-3-7-15)19(17)22-12-5-9-20-11-13-22;3-2(4,5)1(6)7/h1-4,6-8,10,14,20H,5,9,11-13H2;(H,6,7). The first-order chi connectivity index (χ1) is 14.8. The number of rotatable bonds is 3. The van der Waals surface area contributed by atoms with E-state index in [1.165, 1.54) is 0 Å². The lowest BCUT2D eigenvalue weighted by atomic mass is 10.2. The third-order valence-corrected chi connectivity index (χ3v) is 4.76. The molecular formula is C21H21F3N4O3. The molecule has 10 heteroatoms. The molecule has 4 rings (SSSR count). The molecular weight excluding hydrogens is 413 g/mol. The van der Waals surface area contributed by atoms with Gasteiger partial charge in [-0.05, 0) is 37.2 Å². The van der Waals surface area contributed by atoms with Crippen LogP contribution in [-0.4, -0.2) is 59.3 Å². The highest BCUT2D eigenvalue weighted by atomic mass is 19.4. The lowest BCUT2D eigenvalue weighted by Gasteiger charge is -2.25. The Morgan fingerprint density at radius 3 is 2.45 bits per heavy atom. The molecule has 0 amide bonds. The molecule has 31 heavy (non-hydrogen) atoms. The molecule has 3 aromatic rings. The van der Waals surface area contributed by atoms with E-state index in [4.69, 9.17) is 9.90 Å². The van der Waals surface area contributed by atoms with Crippen LogP contribution in [0.1, 0.15) is 16.8 Å². The second-order valence-corrected chi connectivity index (χ2v) is 6.79. The van der Waals surface area contributed by atoms with Gasteiger partial charge in [0.2, 0.25) is 0 Å². The summed E-state index contributed by atoms with van der Waals surface area (Å²) in [5, 5.41) is 11.5. The second kappa shape index (κ2) is 9.61. The summed E-state index contributed by atoms with van der Waals surface area (Å²) in [5.41, 5.74) is 2.59. The fourth-order valence-electron chi connectivity index (χ4n) is 3.43. The number of carbonyl (C=O) groups excluding carboxylic acids is 1. The summed E-state index contributed by atoms with van der Waals surface area (Å²) in [6.07, 6.45) is -1.27. The normalized spacial score (nSPS) is 14.5. The molecule has 1 aliphatic rings. The highest BCUT2D eigenvalue weighted by Gasteiger charge is 2.38. The van der Waals surface area contributed by atoms with Crippen molar-refractivity contribution in [3.8, 4) is 5.69 Å². The van der Waals surface area contributed by atoms with Gasteiger partial charge in [-0.25, -0.2) is 9.78 Å². The van der Waals surface area contributed by atoms with Crippen molar-refractivity contribution in [3.63, 3.8) is 0 Å². The number of benzene rings is 1. The molecule has 0 spiro atoms. The maximum absolute atomic E-state index is 11.9. The van der Waals surface area contributed by atoms with Crippen molar-refractivity contribution in [2.75, 3.05) is 31.1 Å². The summed E-state index contributed by atoms with van der Waals surface area (Å²) in [6.45, 7) is 3.74. The maximum atomic E-state index is 11.9. The molecule has 0 aliphatic carbocycles. The van der Waals surface area contributed by atoms with Gasteiger partial charge in [-0.1, -0.05) is 18.2 Å². The fraction of sp³-hybridized carbons (Fsp3) is 0.286. The number of pyridine rings is 1. The average molecular weight is 434 g/mol. The van der Waals surface area contributed by atoms with E-state index >= 15 is 0 Å². The van der Waals surface area contributed by atoms with Crippen LogP contribution in [0.5, 0.6) is 0 Å². The number of alkyl halides is 3. The Hall–Kier alpha value is -3.40. The summed E-state index contributed by atoms with van der Waals surface area (Å²) >= 11 is 0. The van der Waals surface area contributed by atoms with E-state index < -0.39 is 12.1 Å². The minimum Gasteiger partial charge on any atom is -0.475 e. The number of carboxylic acids is 1. The number of aldehydes is 1. The van der Waals surface area contributed by atoms with Gasteiger partial charge in [0.1, 0.15) is 11.5 Å². The van der Waals surface area contributed by atoms with Gasteiger partial charge in [0.25, 0.3) is 0 Å². The van der Waals surface area contributed by atoms with Gasteiger partial charge in [0, 0.05) is 36.9 Å². The molecule has 3 heterocycles. The van der Waals surface area contributed by atoms with Crippen molar-refractivity contribution in [2.45, 2.75) is 12.6 Å². The number of hydrogen-bond donors (Lipinski definition) is 2. The minimum absolute atomic E-state index is 0.726. The lowest BCUT2D eigenvalue weighted by molar-refractivity contribution is -0.192. The zero-order valence-electron chi connectivity index (χ0n) is 16.5. The number of nitrogens with one attached hydrogen (secondary N) is 1. The smallest absolute Gasteiger partial charge is 0.475 e. The van der Waals surface area contributed by atoms with Gasteiger partial charge >= 0.3 is 12.1 Å². The highest BCUT2D eigenvalue weighted by Crippen LogP contribution is 2.34. The lowest BCUT2D eigenvalue weighted by Crippen LogP contribution is -2.30. The number of carboxylic acid groups (broad SMARTS) is 1. The van der Waals surface area contributed by atoms with Gasteiger partial charge in [-0.3, -0.25) is 9.36 Å². The third kappa shape index (κ3) is 5.02. The quantitative estimate of drug-likeness (QED) is 0.616. The van der Waals surface area contributed by atoms with Crippen LogP contribution in [-0.2, 0) is 4.79 Å². The average Bonchev–Trinajstić information content (AvgIpc) is 2.88. The van der Waals surface area contributed by atoms with Crippen molar-refractivity contribution in [1.29, 1.82) is 0 Å². The van der Waals surface area contributed by atoms with Crippen LogP contribution in [0.2, 0.25) is 0 Å². The predicted octanol–water partition coefficient (Wildman–Crippen LogP) is 3.27. The molecule has 0 radical (unpaired) electrons. The Morgan fingerprint density at radius 2 is 1.81 bits per heavy atom. The maximum Gasteiger partial charge on any atom is 0.490 e. The molecule has 2 aromatic heterocycles. The summed E-state index contributed by atoms with van der Waals surface area (Å²) in [7, 11) is 0. The van der Waals surface area contributed by atoms with E-state index in [1.54, 1.807) is 6.20 Å². The van der Waals surface area contributed by atoms with E-state index in [-0.39, 0.29) is 0 Å². The topological polar surface area (TPSA) is 87.5 Å². The number of para-hydroxylation sites is 1. The first-order valence-corrected chi connectivity index (χ1v) is 9.60. The largest absolute Gasteiger partial charge is 0.490 e. The van der Waals surface area contributed by atoms with Gasteiger partial charge in [0.05, 0.1) is 5.56 Å². The molecule has 164 valence electrons. The molecule has 0 bridgehead atoms. The Kier molecular flexibility index (Phi) is 6.91. The number of aliphatic carboxylic acids is 1. The zero-order chi connectivity index (χ0) is 22.4. The van der Waals surface area contributed by atoms with E-state index in [2.05, 4.69) is 31.9 Å². The number of aromatic nitrogens is 2.